The molecule has 1 aromatic carbocycles. The van der Waals surface area contributed by atoms with Gasteiger partial charge in [-0.1, -0.05) is 39.0 Å². The molecular weight excluding hydrogens is 240 g/mol. The summed E-state index contributed by atoms with van der Waals surface area (Å²) in [6.45, 7) is 10.3. The van der Waals surface area contributed by atoms with Crippen molar-refractivity contribution in [3.05, 3.63) is 41.7 Å². The molecule has 1 rings (SSSR count). The van der Waals surface area contributed by atoms with Crippen molar-refractivity contribution < 1.29 is 14.3 Å². The number of rotatable bonds is 4. The largest absolute Gasteiger partial charge is 0.463 e. The van der Waals surface area contributed by atoms with Crippen molar-refractivity contribution in [1.29, 1.82) is 0 Å². The monoisotopic (exact) mass is 262 g/mol. The molecule has 0 radical (unpaired) electrons. The number of benzene rings is 1. The lowest BCUT2D eigenvalue weighted by atomic mass is 9.86. The van der Waals surface area contributed by atoms with Gasteiger partial charge < -0.3 is 9.47 Å². The molecule has 0 N–H and O–H groups in total. The maximum Gasteiger partial charge on any atom is 0.334 e. The minimum Gasteiger partial charge on any atom is -0.463 e. The lowest BCUT2D eigenvalue weighted by Gasteiger charge is -2.22. The van der Waals surface area contributed by atoms with Crippen molar-refractivity contribution in [1.82, 2.24) is 0 Å². The molecule has 104 valence electrons. The highest BCUT2D eigenvalue weighted by atomic mass is 16.5. The van der Waals surface area contributed by atoms with Gasteiger partial charge in [0.15, 0.2) is 0 Å². The fourth-order valence-corrected chi connectivity index (χ4v) is 1.73. The van der Waals surface area contributed by atoms with E-state index in [-0.39, 0.29) is 11.4 Å². The van der Waals surface area contributed by atoms with Gasteiger partial charge >= 0.3 is 5.97 Å². The van der Waals surface area contributed by atoms with E-state index in [1.54, 1.807) is 13.8 Å². The highest BCUT2D eigenvalue weighted by molar-refractivity contribution is 5.82. The first-order valence-electron chi connectivity index (χ1n) is 6.47. The van der Waals surface area contributed by atoms with Gasteiger partial charge in [0.05, 0.1) is 12.7 Å². The van der Waals surface area contributed by atoms with Crippen molar-refractivity contribution in [3.8, 4) is 5.75 Å². The Morgan fingerprint density at radius 3 is 2.47 bits per heavy atom. The van der Waals surface area contributed by atoms with E-state index in [1.807, 2.05) is 24.3 Å². The minimum atomic E-state index is -0.381. The van der Waals surface area contributed by atoms with E-state index in [9.17, 15) is 4.79 Å². The van der Waals surface area contributed by atoms with Crippen LogP contribution in [0.3, 0.4) is 0 Å². The van der Waals surface area contributed by atoms with Gasteiger partial charge in [-0.3, -0.25) is 0 Å². The van der Waals surface area contributed by atoms with Crippen LogP contribution in [0.25, 0.3) is 0 Å². The Bertz CT molecular complexity index is 467. The average molecular weight is 262 g/mol. The lowest BCUT2D eigenvalue weighted by Crippen LogP contribution is -2.13. The van der Waals surface area contributed by atoms with Gasteiger partial charge in [-0.05, 0) is 25.3 Å². The number of esters is 1. The SMILES string of the molecule is CCOC(=O)/C=C(/C)Oc1ccccc1C(C)(C)C. The summed E-state index contributed by atoms with van der Waals surface area (Å²) in [4.78, 5) is 11.3. The molecule has 0 aromatic heterocycles. The third kappa shape index (κ3) is 4.78. The van der Waals surface area contributed by atoms with Crippen LogP contribution in [0.4, 0.5) is 0 Å². The molecule has 0 spiro atoms. The Hall–Kier alpha value is -1.77. The molecule has 0 heterocycles. The molecule has 19 heavy (non-hydrogen) atoms. The van der Waals surface area contributed by atoms with Crippen LogP contribution in [0.1, 0.15) is 40.2 Å². The number of carbonyl (C=O) groups is 1. The number of ether oxygens (including phenoxy) is 2. The summed E-state index contributed by atoms with van der Waals surface area (Å²) >= 11 is 0. The van der Waals surface area contributed by atoms with E-state index in [4.69, 9.17) is 9.47 Å². The van der Waals surface area contributed by atoms with Crippen LogP contribution in [0.15, 0.2) is 36.1 Å². The van der Waals surface area contributed by atoms with Crippen LogP contribution in [0, 0.1) is 0 Å². The van der Waals surface area contributed by atoms with E-state index in [1.165, 1.54) is 6.08 Å². The molecule has 0 saturated carbocycles. The second-order valence-electron chi connectivity index (χ2n) is 5.36. The van der Waals surface area contributed by atoms with Crippen LogP contribution in [0.2, 0.25) is 0 Å². The highest BCUT2D eigenvalue weighted by Crippen LogP contribution is 2.31. The molecular formula is C16H22O3. The predicted octanol–water partition coefficient (Wildman–Crippen LogP) is 3.83. The van der Waals surface area contributed by atoms with Crippen molar-refractivity contribution in [2.24, 2.45) is 0 Å². The summed E-state index contributed by atoms with van der Waals surface area (Å²) in [5.41, 5.74) is 1.09. The van der Waals surface area contributed by atoms with E-state index >= 15 is 0 Å². The molecule has 3 nitrogen and oxygen atoms in total. The zero-order valence-corrected chi connectivity index (χ0v) is 12.3. The third-order valence-electron chi connectivity index (χ3n) is 2.57. The van der Waals surface area contributed by atoms with Crippen LogP contribution in [-0.4, -0.2) is 12.6 Å². The number of carbonyl (C=O) groups excluding carboxylic acids is 1. The Balaban J connectivity index is 2.91. The van der Waals surface area contributed by atoms with E-state index in [2.05, 4.69) is 20.8 Å². The van der Waals surface area contributed by atoms with Crippen LogP contribution in [0.5, 0.6) is 5.75 Å². The molecule has 0 aliphatic rings. The summed E-state index contributed by atoms with van der Waals surface area (Å²) in [7, 11) is 0. The molecule has 0 amide bonds. The van der Waals surface area contributed by atoms with Crippen molar-refractivity contribution in [2.45, 2.75) is 40.0 Å². The fraction of sp³-hybridized carbons (Fsp3) is 0.438. The summed E-state index contributed by atoms with van der Waals surface area (Å²) < 4.78 is 10.6. The molecule has 0 fully saturated rings. The quantitative estimate of drug-likeness (QED) is 0.470. The van der Waals surface area contributed by atoms with E-state index in [0.717, 1.165) is 11.3 Å². The van der Waals surface area contributed by atoms with Crippen LogP contribution >= 0.6 is 0 Å². The summed E-state index contributed by atoms with van der Waals surface area (Å²) in [6, 6.07) is 7.84. The van der Waals surface area contributed by atoms with E-state index in [0.29, 0.717) is 12.4 Å². The van der Waals surface area contributed by atoms with Gasteiger partial charge in [-0.15, -0.1) is 0 Å². The summed E-state index contributed by atoms with van der Waals surface area (Å²) in [5, 5.41) is 0. The van der Waals surface area contributed by atoms with E-state index < -0.39 is 0 Å². The van der Waals surface area contributed by atoms with Crippen LogP contribution < -0.4 is 4.74 Å². The fourth-order valence-electron chi connectivity index (χ4n) is 1.73. The molecule has 0 unspecified atom stereocenters. The number of hydrogen-bond donors (Lipinski definition) is 0. The average Bonchev–Trinajstić information content (AvgIpc) is 2.28. The highest BCUT2D eigenvalue weighted by Gasteiger charge is 2.18. The first-order valence-corrected chi connectivity index (χ1v) is 6.47. The Morgan fingerprint density at radius 2 is 1.89 bits per heavy atom. The van der Waals surface area contributed by atoms with Gasteiger partial charge in [-0.2, -0.15) is 0 Å². The van der Waals surface area contributed by atoms with Gasteiger partial charge in [0.1, 0.15) is 11.5 Å². The zero-order valence-electron chi connectivity index (χ0n) is 12.3. The van der Waals surface area contributed by atoms with Crippen molar-refractivity contribution in [3.63, 3.8) is 0 Å². The molecule has 0 saturated heterocycles. The standard InChI is InChI=1S/C16H22O3/c1-6-18-15(17)11-12(2)19-14-10-8-7-9-13(14)16(3,4)5/h7-11H,6H2,1-5H3/b12-11-. The van der Waals surface area contributed by atoms with Crippen molar-refractivity contribution >= 4 is 5.97 Å². The maximum absolute atomic E-state index is 11.3. The number of para-hydroxylation sites is 1. The number of allylic oxidation sites excluding steroid dienone is 1. The summed E-state index contributed by atoms with van der Waals surface area (Å²) in [6.07, 6.45) is 1.36. The number of hydrogen-bond acceptors (Lipinski definition) is 3. The van der Waals surface area contributed by atoms with Gasteiger partial charge in [0.25, 0.3) is 0 Å². The smallest absolute Gasteiger partial charge is 0.334 e. The molecule has 0 aliphatic carbocycles. The minimum absolute atomic E-state index is 0.0131. The summed E-state index contributed by atoms with van der Waals surface area (Å²) in [5.74, 6) is 0.913. The zero-order chi connectivity index (χ0) is 14.5. The third-order valence-corrected chi connectivity index (χ3v) is 2.57. The van der Waals surface area contributed by atoms with Gasteiger partial charge in [-0.25, -0.2) is 4.79 Å². The normalized spacial score (nSPS) is 12.2. The first kappa shape index (κ1) is 15.3. The Morgan fingerprint density at radius 1 is 1.26 bits per heavy atom. The predicted molar refractivity (Wildman–Crippen MR) is 76.2 cm³/mol. The maximum atomic E-state index is 11.3. The van der Waals surface area contributed by atoms with Crippen molar-refractivity contribution in [2.75, 3.05) is 6.61 Å². The second kappa shape index (κ2) is 6.41. The van der Waals surface area contributed by atoms with Crippen LogP contribution in [-0.2, 0) is 14.9 Å². The molecule has 1 aromatic rings. The molecule has 3 heteroatoms. The lowest BCUT2D eigenvalue weighted by molar-refractivity contribution is -0.137. The second-order valence-corrected chi connectivity index (χ2v) is 5.36. The topological polar surface area (TPSA) is 35.5 Å². The van der Waals surface area contributed by atoms with Gasteiger partial charge in [0.2, 0.25) is 0 Å². The first-order chi connectivity index (χ1) is 8.84. The molecule has 0 aliphatic heterocycles. The van der Waals surface area contributed by atoms with Gasteiger partial charge in [0, 0.05) is 5.56 Å². The Kier molecular flexibility index (Phi) is 5.16. The molecule has 0 atom stereocenters. The molecule has 0 bridgehead atoms. The Labute approximate surface area is 115 Å².